The molecule has 0 unspecified atom stereocenters. The molecule has 2 aromatic heterocycles. The molecule has 0 spiro atoms. The third-order valence-corrected chi connectivity index (χ3v) is 3.08. The molecule has 0 saturated carbocycles. The van der Waals surface area contributed by atoms with Crippen molar-refractivity contribution in [3.8, 4) is 10.8 Å². The molecule has 6 heteroatoms. The third kappa shape index (κ3) is 1.71. The van der Waals surface area contributed by atoms with E-state index in [2.05, 4.69) is 9.97 Å². The van der Waals surface area contributed by atoms with E-state index < -0.39 is 5.97 Å². The van der Waals surface area contributed by atoms with Gasteiger partial charge in [-0.15, -0.1) is 11.3 Å². The molecule has 0 bridgehead atoms. The topological polar surface area (TPSA) is 76.2 Å². The monoisotopic (exact) mass is 238 g/mol. The van der Waals surface area contributed by atoms with Gasteiger partial charge in [0.2, 0.25) is 11.7 Å². The highest BCUT2D eigenvalue weighted by molar-refractivity contribution is 7.13. The first-order valence-corrected chi connectivity index (χ1v) is 5.65. The fourth-order valence-electron chi connectivity index (χ4n) is 1.36. The van der Waals surface area contributed by atoms with Gasteiger partial charge in [-0.3, -0.25) is 0 Å². The van der Waals surface area contributed by atoms with E-state index >= 15 is 0 Å². The Kier molecular flexibility index (Phi) is 2.74. The molecule has 0 aliphatic rings. The summed E-state index contributed by atoms with van der Waals surface area (Å²) >= 11 is 1.39. The third-order valence-electron chi connectivity index (χ3n) is 2.17. The van der Waals surface area contributed by atoms with Crippen molar-refractivity contribution in [1.82, 2.24) is 9.97 Å². The zero-order chi connectivity index (χ0) is 11.7. The van der Waals surface area contributed by atoms with Crippen LogP contribution in [0.3, 0.4) is 0 Å². The smallest absolute Gasteiger partial charge is 0.373 e. The Bertz CT molecular complexity index is 530. The van der Waals surface area contributed by atoms with E-state index in [0.717, 1.165) is 10.6 Å². The molecule has 0 aliphatic heterocycles. The van der Waals surface area contributed by atoms with Crippen LogP contribution in [0.4, 0.5) is 0 Å². The van der Waals surface area contributed by atoms with E-state index in [9.17, 15) is 4.79 Å². The number of hydrogen-bond donors (Lipinski definition) is 1. The molecule has 0 fully saturated rings. The quantitative estimate of drug-likeness (QED) is 0.888. The predicted octanol–water partition coefficient (Wildman–Crippen LogP) is 2.37. The van der Waals surface area contributed by atoms with Gasteiger partial charge in [0.15, 0.2) is 0 Å². The van der Waals surface area contributed by atoms with E-state index in [4.69, 9.17) is 9.52 Å². The van der Waals surface area contributed by atoms with Crippen molar-refractivity contribution in [3.63, 3.8) is 0 Å². The lowest BCUT2D eigenvalue weighted by atomic mass is 10.3. The van der Waals surface area contributed by atoms with Crippen LogP contribution < -0.4 is 0 Å². The SMILES string of the molecule is CCc1nc(-c2scnc2C)oc1C(=O)O. The van der Waals surface area contributed by atoms with Gasteiger partial charge in [0.25, 0.3) is 0 Å². The maximum atomic E-state index is 10.9. The summed E-state index contributed by atoms with van der Waals surface area (Å²) in [6, 6.07) is 0. The zero-order valence-electron chi connectivity index (χ0n) is 8.85. The Morgan fingerprint density at radius 2 is 2.38 bits per heavy atom. The molecule has 0 aliphatic carbocycles. The average Bonchev–Trinajstić information content (AvgIpc) is 2.82. The van der Waals surface area contributed by atoms with Gasteiger partial charge >= 0.3 is 5.97 Å². The Balaban J connectivity index is 2.52. The zero-order valence-corrected chi connectivity index (χ0v) is 9.67. The summed E-state index contributed by atoms with van der Waals surface area (Å²) in [6.45, 7) is 3.68. The van der Waals surface area contributed by atoms with Crippen LogP contribution in [0.25, 0.3) is 10.8 Å². The van der Waals surface area contributed by atoms with Gasteiger partial charge in [0, 0.05) is 0 Å². The minimum Gasteiger partial charge on any atom is -0.475 e. The number of oxazole rings is 1. The van der Waals surface area contributed by atoms with Gasteiger partial charge in [0.05, 0.1) is 16.9 Å². The number of aromatic carboxylic acids is 1. The van der Waals surface area contributed by atoms with Crippen LogP contribution in [0.1, 0.15) is 28.9 Å². The number of aryl methyl sites for hydroxylation is 2. The fourth-order valence-corrected chi connectivity index (χ4v) is 2.09. The number of carboxylic acid groups (broad SMARTS) is 1. The van der Waals surface area contributed by atoms with Gasteiger partial charge in [0.1, 0.15) is 4.88 Å². The van der Waals surface area contributed by atoms with Gasteiger partial charge in [-0.1, -0.05) is 6.92 Å². The second-order valence-electron chi connectivity index (χ2n) is 3.22. The van der Waals surface area contributed by atoms with Crippen LogP contribution in [0.2, 0.25) is 0 Å². The highest BCUT2D eigenvalue weighted by atomic mass is 32.1. The van der Waals surface area contributed by atoms with E-state index in [-0.39, 0.29) is 5.76 Å². The summed E-state index contributed by atoms with van der Waals surface area (Å²) in [4.78, 5) is 19.9. The number of thiazole rings is 1. The van der Waals surface area contributed by atoms with Crippen molar-refractivity contribution in [2.75, 3.05) is 0 Å². The molecule has 16 heavy (non-hydrogen) atoms. The lowest BCUT2D eigenvalue weighted by Crippen LogP contribution is -1.98. The summed E-state index contributed by atoms with van der Waals surface area (Å²) in [5.41, 5.74) is 2.95. The largest absolute Gasteiger partial charge is 0.475 e. The van der Waals surface area contributed by atoms with Crippen molar-refractivity contribution >= 4 is 17.3 Å². The number of aromatic nitrogens is 2. The summed E-state index contributed by atoms with van der Waals surface area (Å²) in [5, 5.41) is 8.93. The van der Waals surface area contributed by atoms with Gasteiger partial charge < -0.3 is 9.52 Å². The molecule has 0 aromatic carbocycles. The summed E-state index contributed by atoms with van der Waals surface area (Å²) in [5.74, 6) is -0.822. The summed E-state index contributed by atoms with van der Waals surface area (Å²) < 4.78 is 5.25. The molecule has 1 N–H and O–H groups in total. The first kappa shape index (κ1) is 10.8. The van der Waals surface area contributed by atoms with Crippen molar-refractivity contribution in [3.05, 3.63) is 22.7 Å². The van der Waals surface area contributed by atoms with Crippen LogP contribution in [0.5, 0.6) is 0 Å². The van der Waals surface area contributed by atoms with E-state index in [1.54, 1.807) is 5.51 Å². The van der Waals surface area contributed by atoms with Crippen LogP contribution in [0, 0.1) is 6.92 Å². The van der Waals surface area contributed by atoms with Crippen LogP contribution >= 0.6 is 11.3 Å². The first-order chi connectivity index (χ1) is 7.63. The average molecular weight is 238 g/mol. The fraction of sp³-hybridized carbons (Fsp3) is 0.300. The Labute approximate surface area is 95.8 Å². The number of nitrogens with zero attached hydrogens (tertiary/aromatic N) is 2. The van der Waals surface area contributed by atoms with E-state index in [1.165, 1.54) is 11.3 Å². The molecule has 2 heterocycles. The molecule has 5 nitrogen and oxygen atoms in total. The van der Waals surface area contributed by atoms with Gasteiger partial charge in [-0.25, -0.2) is 14.8 Å². The van der Waals surface area contributed by atoms with E-state index in [1.807, 2.05) is 13.8 Å². The van der Waals surface area contributed by atoms with Gasteiger partial charge in [-0.05, 0) is 13.3 Å². The molecule has 84 valence electrons. The van der Waals surface area contributed by atoms with Crippen molar-refractivity contribution in [2.45, 2.75) is 20.3 Å². The number of carbonyl (C=O) groups is 1. The highest BCUT2D eigenvalue weighted by Gasteiger charge is 2.20. The van der Waals surface area contributed by atoms with E-state index in [0.29, 0.717) is 18.0 Å². The molecular weight excluding hydrogens is 228 g/mol. The standard InChI is InChI=1S/C10H10N2O3S/c1-3-6-7(10(13)14)15-9(12-6)8-5(2)11-4-16-8/h4H,3H2,1-2H3,(H,13,14). The van der Waals surface area contributed by atoms with Gasteiger partial charge in [-0.2, -0.15) is 0 Å². The van der Waals surface area contributed by atoms with Crippen LogP contribution in [-0.2, 0) is 6.42 Å². The molecule has 0 atom stereocenters. The summed E-state index contributed by atoms with van der Waals surface area (Å²) in [6.07, 6.45) is 0.531. The summed E-state index contributed by atoms with van der Waals surface area (Å²) in [7, 11) is 0. The molecule has 0 saturated heterocycles. The normalized spacial score (nSPS) is 10.6. The molecule has 0 radical (unpaired) electrons. The van der Waals surface area contributed by atoms with Crippen molar-refractivity contribution in [1.29, 1.82) is 0 Å². The first-order valence-electron chi connectivity index (χ1n) is 4.77. The van der Waals surface area contributed by atoms with Crippen LogP contribution in [-0.4, -0.2) is 21.0 Å². The maximum Gasteiger partial charge on any atom is 0.373 e. The maximum absolute atomic E-state index is 10.9. The Morgan fingerprint density at radius 3 is 2.81 bits per heavy atom. The number of hydrogen-bond acceptors (Lipinski definition) is 5. The highest BCUT2D eigenvalue weighted by Crippen LogP contribution is 2.28. The van der Waals surface area contributed by atoms with Crippen molar-refractivity contribution < 1.29 is 14.3 Å². The Morgan fingerprint density at radius 1 is 1.62 bits per heavy atom. The molecule has 2 aromatic rings. The lowest BCUT2D eigenvalue weighted by molar-refractivity contribution is 0.0662. The van der Waals surface area contributed by atoms with Crippen molar-refractivity contribution in [2.24, 2.45) is 0 Å². The lowest BCUT2D eigenvalue weighted by Gasteiger charge is -1.89. The molecule has 2 rings (SSSR count). The minimum absolute atomic E-state index is 0.0784. The molecule has 0 amide bonds. The van der Waals surface area contributed by atoms with Crippen LogP contribution in [0.15, 0.2) is 9.93 Å². The number of rotatable bonds is 3. The predicted molar refractivity (Wildman–Crippen MR) is 58.7 cm³/mol. The second kappa shape index (κ2) is 4.05. The second-order valence-corrected chi connectivity index (χ2v) is 4.08. The minimum atomic E-state index is -1.09. The Hall–Kier alpha value is -1.69. The number of carboxylic acids is 1. The molecular formula is C10H10N2O3S.